The molecule has 11 heteroatoms. The highest BCUT2D eigenvalue weighted by atomic mass is 32.2. The Hall–Kier alpha value is -3.25. The van der Waals surface area contributed by atoms with Gasteiger partial charge in [0.05, 0.1) is 9.79 Å². The van der Waals surface area contributed by atoms with E-state index in [1.807, 2.05) is 13.8 Å². The third kappa shape index (κ3) is 9.71. The van der Waals surface area contributed by atoms with Gasteiger partial charge in [-0.15, -0.1) is 0 Å². The molecule has 0 bridgehead atoms. The zero-order valence-electron chi connectivity index (χ0n) is 17.4. The molecular weight excluding hydrogens is 454 g/mol. The van der Waals surface area contributed by atoms with Crippen molar-refractivity contribution in [1.29, 1.82) is 5.41 Å². The van der Waals surface area contributed by atoms with Crippen molar-refractivity contribution in [2.75, 3.05) is 5.73 Å². The quantitative estimate of drug-likeness (QED) is 0.164. The van der Waals surface area contributed by atoms with Gasteiger partial charge in [-0.2, -0.15) is 16.8 Å². The number of hydrogen-bond acceptors (Lipinski definition) is 6. The van der Waals surface area contributed by atoms with Gasteiger partial charge in [-0.1, -0.05) is 35.4 Å². The zero-order chi connectivity index (χ0) is 24.5. The summed E-state index contributed by atoms with van der Waals surface area (Å²) in [5.74, 6) is 0.0694. The lowest BCUT2D eigenvalue weighted by molar-refractivity contribution is 0.481. The summed E-state index contributed by atoms with van der Waals surface area (Å²) < 4.78 is 59.1. The van der Waals surface area contributed by atoms with Crippen molar-refractivity contribution < 1.29 is 25.9 Å². The summed E-state index contributed by atoms with van der Waals surface area (Å²) in [6, 6.07) is 18.9. The van der Waals surface area contributed by atoms with Crippen LogP contribution in [0, 0.1) is 19.3 Å². The van der Waals surface area contributed by atoms with E-state index in [2.05, 4.69) is 0 Å². The van der Waals surface area contributed by atoms with E-state index in [-0.39, 0.29) is 15.6 Å². The number of amidine groups is 1. The third-order valence-corrected chi connectivity index (χ3v) is 5.60. The minimum atomic E-state index is -4.02. The van der Waals surface area contributed by atoms with Crippen molar-refractivity contribution in [3.8, 4) is 0 Å². The Morgan fingerprint density at radius 2 is 1.00 bits per heavy atom. The normalized spacial score (nSPS) is 10.8. The molecule has 0 aliphatic heterocycles. The first-order valence-corrected chi connectivity index (χ1v) is 11.9. The highest BCUT2D eigenvalue weighted by Crippen LogP contribution is 2.09. The fourth-order valence-electron chi connectivity index (χ4n) is 2.08. The number of benzene rings is 3. The van der Waals surface area contributed by atoms with Gasteiger partial charge in [0.15, 0.2) is 0 Å². The maximum atomic E-state index is 10.5. The van der Waals surface area contributed by atoms with Crippen molar-refractivity contribution in [1.82, 2.24) is 0 Å². The van der Waals surface area contributed by atoms with Crippen LogP contribution in [0.4, 0.5) is 5.69 Å². The van der Waals surface area contributed by atoms with Gasteiger partial charge in [0.1, 0.15) is 5.84 Å². The molecule has 9 nitrogen and oxygen atoms in total. The van der Waals surface area contributed by atoms with Crippen LogP contribution < -0.4 is 11.5 Å². The second-order valence-electron chi connectivity index (χ2n) is 6.61. The molecule has 0 amide bonds. The number of nitrogens with two attached hydrogens (primary N) is 2. The van der Waals surface area contributed by atoms with E-state index in [0.29, 0.717) is 11.3 Å². The Kier molecular flexibility index (Phi) is 9.54. The van der Waals surface area contributed by atoms with Crippen molar-refractivity contribution in [3.05, 3.63) is 89.5 Å². The predicted molar refractivity (Wildman–Crippen MR) is 124 cm³/mol. The monoisotopic (exact) mass is 479 g/mol. The molecule has 7 N–H and O–H groups in total. The van der Waals surface area contributed by atoms with Crippen LogP contribution in [-0.2, 0) is 20.2 Å². The molecule has 0 saturated carbocycles. The van der Waals surface area contributed by atoms with Crippen molar-refractivity contribution in [3.63, 3.8) is 0 Å². The maximum absolute atomic E-state index is 10.5. The molecule has 3 aromatic rings. The van der Waals surface area contributed by atoms with Crippen LogP contribution in [0.15, 0.2) is 82.6 Å². The smallest absolute Gasteiger partial charge is 0.294 e. The molecule has 0 saturated heterocycles. The Morgan fingerprint density at radius 3 is 1.25 bits per heavy atom. The number of hydrogen-bond donors (Lipinski definition) is 5. The topological polar surface area (TPSA) is 185 Å². The number of nitrogens with one attached hydrogen (secondary N) is 1. The Labute approximate surface area is 187 Å². The summed E-state index contributed by atoms with van der Waals surface area (Å²) in [7, 11) is -8.04. The summed E-state index contributed by atoms with van der Waals surface area (Å²) in [6.07, 6.45) is 0. The van der Waals surface area contributed by atoms with Gasteiger partial charge in [-0.3, -0.25) is 14.5 Å². The molecule has 0 unspecified atom stereocenters. The average Bonchev–Trinajstić information content (AvgIpc) is 2.68. The second kappa shape index (κ2) is 11.4. The molecule has 0 atom stereocenters. The lowest BCUT2D eigenvalue weighted by Crippen LogP contribution is -2.10. The highest BCUT2D eigenvalue weighted by Gasteiger charge is 2.07. The van der Waals surface area contributed by atoms with Crippen LogP contribution in [0.1, 0.15) is 16.7 Å². The summed E-state index contributed by atoms with van der Waals surface area (Å²) in [5, 5.41) is 7.04. The van der Waals surface area contributed by atoms with Crippen LogP contribution in [0.2, 0.25) is 0 Å². The van der Waals surface area contributed by atoms with Gasteiger partial charge in [-0.05, 0) is 62.4 Å². The van der Waals surface area contributed by atoms with Gasteiger partial charge < -0.3 is 11.5 Å². The molecule has 0 spiro atoms. The largest absolute Gasteiger partial charge is 0.399 e. The third-order valence-electron chi connectivity index (χ3n) is 3.86. The van der Waals surface area contributed by atoms with Crippen LogP contribution in [-0.4, -0.2) is 31.8 Å². The predicted octanol–water partition coefficient (Wildman–Crippen LogP) is 3.04. The molecular formula is C21H25N3O6S2. The molecule has 172 valence electrons. The lowest BCUT2D eigenvalue weighted by Gasteiger charge is -1.96. The van der Waals surface area contributed by atoms with Gasteiger partial charge >= 0.3 is 0 Å². The molecule has 0 aliphatic carbocycles. The van der Waals surface area contributed by atoms with E-state index < -0.39 is 20.2 Å². The Balaban J connectivity index is 0.000000240. The molecule has 3 aromatic carbocycles. The molecule has 32 heavy (non-hydrogen) atoms. The molecule has 0 aliphatic rings. The summed E-state index contributed by atoms with van der Waals surface area (Å²) in [5.41, 5.74) is 13.9. The molecule has 0 aromatic heterocycles. The Morgan fingerprint density at radius 1 is 0.688 bits per heavy atom. The SMILES string of the molecule is Cc1ccc(S(=O)(=O)O)cc1.Cc1ccc(S(=O)(=O)O)cc1.N=C(N)c1ccc(N)cc1. The summed E-state index contributed by atoms with van der Waals surface area (Å²) in [6.45, 7) is 3.68. The van der Waals surface area contributed by atoms with E-state index in [1.165, 1.54) is 24.3 Å². The Bertz CT molecular complexity index is 1160. The van der Waals surface area contributed by atoms with E-state index >= 15 is 0 Å². The van der Waals surface area contributed by atoms with E-state index in [0.717, 1.165) is 11.1 Å². The maximum Gasteiger partial charge on any atom is 0.294 e. The van der Waals surface area contributed by atoms with Crippen LogP contribution in [0.25, 0.3) is 0 Å². The first-order valence-electron chi connectivity index (χ1n) is 8.98. The molecule has 0 radical (unpaired) electrons. The van der Waals surface area contributed by atoms with Crippen molar-refractivity contribution in [2.45, 2.75) is 23.6 Å². The molecule has 0 fully saturated rings. The van der Waals surface area contributed by atoms with Gasteiger partial charge in [0.25, 0.3) is 20.2 Å². The van der Waals surface area contributed by atoms with Crippen LogP contribution in [0.5, 0.6) is 0 Å². The lowest BCUT2D eigenvalue weighted by atomic mass is 10.2. The van der Waals surface area contributed by atoms with E-state index in [4.69, 9.17) is 26.0 Å². The van der Waals surface area contributed by atoms with E-state index in [1.54, 1.807) is 48.5 Å². The molecule has 0 heterocycles. The molecule has 3 rings (SSSR count). The number of rotatable bonds is 3. The van der Waals surface area contributed by atoms with Gasteiger partial charge in [0.2, 0.25) is 0 Å². The number of anilines is 1. The van der Waals surface area contributed by atoms with Crippen LogP contribution in [0.3, 0.4) is 0 Å². The van der Waals surface area contributed by atoms with Crippen LogP contribution >= 0.6 is 0 Å². The van der Waals surface area contributed by atoms with Gasteiger partial charge in [-0.25, -0.2) is 0 Å². The van der Waals surface area contributed by atoms with Crippen molar-refractivity contribution >= 4 is 31.8 Å². The van der Waals surface area contributed by atoms with E-state index in [9.17, 15) is 16.8 Å². The number of aryl methyl sites for hydroxylation is 2. The number of nitrogen functional groups attached to an aromatic ring is 2. The first-order chi connectivity index (χ1) is 14.7. The summed E-state index contributed by atoms with van der Waals surface area (Å²) >= 11 is 0. The van der Waals surface area contributed by atoms with Crippen molar-refractivity contribution in [2.24, 2.45) is 5.73 Å². The van der Waals surface area contributed by atoms with Gasteiger partial charge in [0, 0.05) is 11.3 Å². The zero-order valence-corrected chi connectivity index (χ0v) is 19.1. The second-order valence-corrected chi connectivity index (χ2v) is 9.45. The summed E-state index contributed by atoms with van der Waals surface area (Å²) in [4.78, 5) is -0.133. The fraction of sp³-hybridized carbons (Fsp3) is 0.0952. The fourth-order valence-corrected chi connectivity index (χ4v) is 3.04. The first kappa shape index (κ1) is 26.8. The average molecular weight is 480 g/mol. The highest BCUT2D eigenvalue weighted by molar-refractivity contribution is 7.86. The standard InChI is InChI=1S/C7H9N3.2C7H8O3S/c8-6-3-1-5(2-4-6)7(9)10;2*1-6-2-4-7(5-3-6)11(8,9)10/h1-4H,8H2,(H3,9,10);2*2-5H,1H3,(H,8,9,10). The minimum Gasteiger partial charge on any atom is -0.399 e. The minimum absolute atomic E-state index is 0.0666.